The van der Waals surface area contributed by atoms with Gasteiger partial charge in [-0.2, -0.15) is 0 Å². The van der Waals surface area contributed by atoms with Crippen LogP contribution in [0.1, 0.15) is 23.2 Å². The molecule has 0 bridgehead atoms. The zero-order valence-electron chi connectivity index (χ0n) is 10.6. The van der Waals surface area contributed by atoms with Gasteiger partial charge in [-0.25, -0.2) is 9.59 Å². The van der Waals surface area contributed by atoms with Gasteiger partial charge in [0.15, 0.2) is 0 Å². The summed E-state index contributed by atoms with van der Waals surface area (Å²) in [6.45, 7) is 1.83. The smallest absolute Gasteiger partial charge is 0.371 e. The second-order valence-corrected chi connectivity index (χ2v) is 5.52. The van der Waals surface area contributed by atoms with Crippen molar-refractivity contribution >= 4 is 22.8 Å². The molecule has 1 aromatic rings. The van der Waals surface area contributed by atoms with Crippen LogP contribution in [0.5, 0.6) is 0 Å². The van der Waals surface area contributed by atoms with Crippen molar-refractivity contribution < 1.29 is 23.3 Å². The quantitative estimate of drug-likeness (QED) is 0.708. The summed E-state index contributed by atoms with van der Waals surface area (Å²) >= 11 is 0. The van der Waals surface area contributed by atoms with Gasteiger partial charge in [0.25, 0.3) is 0 Å². The number of nitrogens with one attached hydrogen (secondary N) is 2. The van der Waals surface area contributed by atoms with Gasteiger partial charge in [-0.15, -0.1) is 0 Å². The van der Waals surface area contributed by atoms with Crippen LogP contribution in [0.25, 0.3) is 0 Å². The summed E-state index contributed by atoms with van der Waals surface area (Å²) in [5, 5.41) is 13.8. The maximum atomic E-state index is 11.5. The lowest BCUT2D eigenvalue weighted by molar-refractivity contribution is 0.0660. The van der Waals surface area contributed by atoms with Crippen LogP contribution < -0.4 is 10.6 Å². The predicted molar refractivity (Wildman–Crippen MR) is 69.4 cm³/mol. The first-order valence-electron chi connectivity index (χ1n) is 5.55. The fraction of sp³-hybridized carbons (Fsp3) is 0.455. The van der Waals surface area contributed by atoms with Gasteiger partial charge in [0, 0.05) is 28.9 Å². The second kappa shape index (κ2) is 6.93. The Morgan fingerprint density at radius 1 is 1.47 bits per heavy atom. The number of carboxylic acid groups (broad SMARTS) is 1. The Hall–Kier alpha value is -1.83. The van der Waals surface area contributed by atoms with E-state index in [9.17, 15) is 13.8 Å². The maximum Gasteiger partial charge on any atom is 0.371 e. The molecule has 2 atom stereocenters. The molecule has 1 rings (SSSR count). The number of urea groups is 1. The average Bonchev–Trinajstić information content (AvgIpc) is 2.73. The van der Waals surface area contributed by atoms with Crippen molar-refractivity contribution in [2.24, 2.45) is 0 Å². The van der Waals surface area contributed by atoms with E-state index in [2.05, 4.69) is 10.6 Å². The van der Waals surface area contributed by atoms with Crippen LogP contribution in [0.15, 0.2) is 16.5 Å². The van der Waals surface area contributed by atoms with Gasteiger partial charge >= 0.3 is 12.0 Å². The van der Waals surface area contributed by atoms with E-state index in [0.717, 1.165) is 0 Å². The minimum absolute atomic E-state index is 0.0844. The molecule has 19 heavy (non-hydrogen) atoms. The topological polar surface area (TPSA) is 109 Å². The molecule has 0 radical (unpaired) electrons. The molecule has 0 aliphatic rings. The van der Waals surface area contributed by atoms with E-state index in [0.29, 0.717) is 11.5 Å². The van der Waals surface area contributed by atoms with Gasteiger partial charge in [-0.05, 0) is 19.1 Å². The summed E-state index contributed by atoms with van der Waals surface area (Å²) in [6.07, 6.45) is 1.56. The van der Waals surface area contributed by atoms with Crippen LogP contribution in [-0.4, -0.2) is 39.4 Å². The number of carbonyl (C=O) groups is 2. The number of hydrogen-bond donors (Lipinski definition) is 3. The molecule has 0 aliphatic carbocycles. The Kier molecular flexibility index (Phi) is 5.56. The molecule has 0 saturated carbocycles. The summed E-state index contributed by atoms with van der Waals surface area (Å²) in [6, 6.07) is 2.16. The second-order valence-electron chi connectivity index (χ2n) is 4.04. The molecule has 3 N–H and O–H groups in total. The molecule has 2 amide bonds. The van der Waals surface area contributed by atoms with Crippen LogP contribution in [0.3, 0.4) is 0 Å². The van der Waals surface area contributed by atoms with E-state index in [1.165, 1.54) is 12.1 Å². The summed E-state index contributed by atoms with van der Waals surface area (Å²) in [5.74, 6) is -0.613. The summed E-state index contributed by atoms with van der Waals surface area (Å²) in [4.78, 5) is 22.0. The highest BCUT2D eigenvalue weighted by Crippen LogP contribution is 2.07. The first-order valence-corrected chi connectivity index (χ1v) is 7.27. The van der Waals surface area contributed by atoms with Gasteiger partial charge < -0.3 is 20.2 Å². The number of amides is 2. The molecule has 0 aromatic carbocycles. The first kappa shape index (κ1) is 15.2. The number of rotatable bonds is 6. The van der Waals surface area contributed by atoms with Crippen molar-refractivity contribution in [3.63, 3.8) is 0 Å². The fourth-order valence-electron chi connectivity index (χ4n) is 1.42. The van der Waals surface area contributed by atoms with Crippen molar-refractivity contribution in [2.75, 3.05) is 12.0 Å². The Morgan fingerprint density at radius 3 is 2.68 bits per heavy atom. The Morgan fingerprint density at radius 2 is 2.16 bits per heavy atom. The standard InChI is InChI=1S/C11H16N2O5S/c1-7(6-19(2)17)13-11(16)12-5-8-3-4-9(18-8)10(14)15/h3-4,7H,5-6H2,1-2H3,(H,14,15)(H2,12,13,16). The summed E-state index contributed by atoms with van der Waals surface area (Å²) in [7, 11) is -0.980. The largest absolute Gasteiger partial charge is 0.475 e. The van der Waals surface area contributed by atoms with E-state index in [-0.39, 0.29) is 18.3 Å². The average molecular weight is 288 g/mol. The van der Waals surface area contributed by atoms with Gasteiger partial charge in [0.2, 0.25) is 5.76 Å². The number of carbonyl (C=O) groups excluding carboxylic acids is 1. The van der Waals surface area contributed by atoms with E-state index in [1.807, 2.05) is 0 Å². The monoisotopic (exact) mass is 288 g/mol. The van der Waals surface area contributed by atoms with E-state index in [4.69, 9.17) is 9.52 Å². The minimum Gasteiger partial charge on any atom is -0.475 e. The van der Waals surface area contributed by atoms with Crippen molar-refractivity contribution in [3.05, 3.63) is 23.7 Å². The fourth-order valence-corrected chi connectivity index (χ4v) is 2.21. The van der Waals surface area contributed by atoms with Crippen molar-refractivity contribution in [1.82, 2.24) is 10.6 Å². The van der Waals surface area contributed by atoms with Crippen LogP contribution in [0.4, 0.5) is 4.79 Å². The maximum absolute atomic E-state index is 11.5. The first-order chi connectivity index (χ1) is 8.88. The summed E-state index contributed by atoms with van der Waals surface area (Å²) in [5.41, 5.74) is 0. The zero-order chi connectivity index (χ0) is 14.4. The Bertz CT molecular complexity index is 485. The Balaban J connectivity index is 2.37. The third-order valence-electron chi connectivity index (χ3n) is 2.16. The third kappa shape index (κ3) is 5.56. The van der Waals surface area contributed by atoms with Crippen molar-refractivity contribution in [1.29, 1.82) is 0 Å². The SMILES string of the molecule is CC(CS(C)=O)NC(=O)NCc1ccc(C(=O)O)o1. The molecule has 0 saturated heterocycles. The molecule has 8 heteroatoms. The lowest BCUT2D eigenvalue weighted by Crippen LogP contribution is -2.42. The molecule has 1 aromatic heterocycles. The normalized spacial score (nSPS) is 13.6. The number of hydrogen-bond acceptors (Lipinski definition) is 4. The van der Waals surface area contributed by atoms with Crippen molar-refractivity contribution in [3.8, 4) is 0 Å². The zero-order valence-corrected chi connectivity index (χ0v) is 11.5. The van der Waals surface area contributed by atoms with E-state index >= 15 is 0 Å². The van der Waals surface area contributed by atoms with Crippen LogP contribution in [0, 0.1) is 0 Å². The van der Waals surface area contributed by atoms with Gasteiger partial charge in [0.1, 0.15) is 5.76 Å². The Labute approximate surface area is 112 Å². The number of carboxylic acids is 1. The molecule has 0 aliphatic heterocycles. The molecule has 0 spiro atoms. The third-order valence-corrected chi connectivity index (χ3v) is 3.13. The lowest BCUT2D eigenvalue weighted by Gasteiger charge is -2.12. The van der Waals surface area contributed by atoms with Crippen LogP contribution in [0.2, 0.25) is 0 Å². The lowest BCUT2D eigenvalue weighted by atomic mass is 10.4. The molecule has 2 unspecified atom stereocenters. The number of furan rings is 1. The minimum atomic E-state index is -1.16. The van der Waals surface area contributed by atoms with E-state index in [1.54, 1.807) is 13.2 Å². The van der Waals surface area contributed by atoms with Gasteiger partial charge in [0.05, 0.1) is 6.54 Å². The van der Waals surface area contributed by atoms with E-state index < -0.39 is 22.8 Å². The van der Waals surface area contributed by atoms with Crippen molar-refractivity contribution in [2.45, 2.75) is 19.5 Å². The summed E-state index contributed by atoms with van der Waals surface area (Å²) < 4.78 is 15.9. The molecular weight excluding hydrogens is 272 g/mol. The number of aromatic carboxylic acids is 1. The highest BCUT2D eigenvalue weighted by molar-refractivity contribution is 7.84. The van der Waals surface area contributed by atoms with Crippen LogP contribution in [-0.2, 0) is 17.3 Å². The highest BCUT2D eigenvalue weighted by Gasteiger charge is 2.11. The molecule has 106 valence electrons. The highest BCUT2D eigenvalue weighted by atomic mass is 32.2. The van der Waals surface area contributed by atoms with Gasteiger partial charge in [-0.3, -0.25) is 4.21 Å². The predicted octanol–water partition coefficient (Wildman–Crippen LogP) is 0.544. The molecular formula is C11H16N2O5S. The van der Waals surface area contributed by atoms with Crippen LogP contribution >= 0.6 is 0 Å². The molecule has 0 fully saturated rings. The molecule has 7 nitrogen and oxygen atoms in total. The molecule has 1 heterocycles. The van der Waals surface area contributed by atoms with Gasteiger partial charge in [-0.1, -0.05) is 0 Å².